The Morgan fingerprint density at radius 1 is 0.582 bits per heavy atom. The number of phenols is 2. The van der Waals surface area contributed by atoms with Crippen molar-refractivity contribution in [2.75, 3.05) is 7.11 Å². The van der Waals surface area contributed by atoms with E-state index in [1.54, 1.807) is 0 Å². The number of aromatic carboxylic acids is 2. The molecule has 28 heteroatoms. The molecule has 0 amide bonds. The molecular weight excluding hydrogens is 963 g/mol. The van der Waals surface area contributed by atoms with Gasteiger partial charge in [-0.3, -0.25) is 13.9 Å². The van der Waals surface area contributed by atoms with E-state index in [1.165, 1.54) is 61.7 Å². The van der Waals surface area contributed by atoms with Gasteiger partial charge in [0.05, 0.1) is 40.3 Å². The van der Waals surface area contributed by atoms with Gasteiger partial charge in [0.25, 0.3) is 20.2 Å². The summed E-state index contributed by atoms with van der Waals surface area (Å²) in [7, 11) is -8.65. The number of phenolic OH excluding ortho intramolecular Hbond substituents is 1. The summed E-state index contributed by atoms with van der Waals surface area (Å²) < 4.78 is 74.8. The molecule has 0 aromatic heterocycles. The first kappa shape index (κ1) is 59.1. The van der Waals surface area contributed by atoms with Crippen LogP contribution >= 0.6 is 0 Å². The van der Waals surface area contributed by atoms with E-state index in [2.05, 4.69) is 35.7 Å². The van der Waals surface area contributed by atoms with Gasteiger partial charge in [0.1, 0.15) is 39.1 Å². The van der Waals surface area contributed by atoms with Gasteiger partial charge in [0, 0.05) is 152 Å². The van der Waals surface area contributed by atoms with Crippen LogP contribution in [0.2, 0.25) is 0 Å². The Morgan fingerprint density at radius 2 is 1.19 bits per heavy atom. The minimum atomic E-state index is -5.09. The quantitative estimate of drug-likeness (QED) is 0.0191. The Kier molecular flexibility index (Phi) is 21.6. The Hall–Kier alpha value is -4.06. The molecule has 6 rings (SSSR count). The van der Waals surface area contributed by atoms with Gasteiger partial charge in [0.2, 0.25) is 11.9 Å². The van der Waals surface area contributed by atoms with E-state index in [-0.39, 0.29) is 185 Å². The smallest absolute Gasteiger partial charge is 0.339 e. The van der Waals surface area contributed by atoms with Gasteiger partial charge in [-0.05, 0) is 67.6 Å². The van der Waals surface area contributed by atoms with Crippen LogP contribution in [0.4, 0.5) is 34.1 Å². The minimum Gasteiger partial charge on any atom is -0.507 e. The predicted molar refractivity (Wildman–Crippen MR) is 244 cm³/mol. The summed E-state index contributed by atoms with van der Waals surface area (Å²) in [4.78, 5) is 38.1. The van der Waals surface area contributed by atoms with Crippen LogP contribution in [0.25, 0.3) is 21.5 Å². The van der Waals surface area contributed by atoms with Gasteiger partial charge in [-0.25, -0.2) is 14.6 Å². The third kappa shape index (κ3) is 13.8. The molecular formula is C39H29N7Na4O15S2. The summed E-state index contributed by atoms with van der Waals surface area (Å²) in [6.07, 6.45) is 0. The number of ketones is 1. The van der Waals surface area contributed by atoms with Gasteiger partial charge in [-0.1, -0.05) is 18.2 Å². The number of carboxylic acid groups (broad SMARTS) is 2. The Morgan fingerprint density at radius 3 is 1.81 bits per heavy atom. The molecule has 22 nitrogen and oxygen atoms in total. The molecule has 0 fully saturated rings. The molecule has 7 N–H and O–H groups in total. The number of ether oxygens (including phenoxy) is 1. The number of hydrogen-bond acceptors (Lipinski definition) is 17. The van der Waals surface area contributed by atoms with Crippen molar-refractivity contribution in [3.63, 3.8) is 0 Å². The zero-order valence-corrected chi connectivity index (χ0v) is 45.7. The van der Waals surface area contributed by atoms with Crippen molar-refractivity contribution in [3.8, 4) is 17.2 Å². The first-order valence-electron chi connectivity index (χ1n) is 17.5. The number of Topliss-reactive ketones (excluding diaryl/α,β-unsaturated/α-hetero) is 1. The van der Waals surface area contributed by atoms with Crippen LogP contribution in [-0.4, -0.2) is 206 Å². The van der Waals surface area contributed by atoms with Crippen LogP contribution in [0.15, 0.2) is 136 Å². The monoisotopic (exact) mass is 991 g/mol. The number of carboxylic acids is 2. The molecule has 0 heterocycles. The number of carbonyl (C=O) groups is 3. The Bertz CT molecular complexity index is 3280. The van der Waals surface area contributed by atoms with Crippen LogP contribution < -0.4 is 4.74 Å². The Labute approximate surface area is 467 Å². The number of azo groups is 3. The zero-order valence-electron chi connectivity index (χ0n) is 36.1. The molecule has 0 bridgehead atoms. The van der Waals surface area contributed by atoms with Gasteiger partial charge in [0.15, 0.2) is 5.78 Å². The van der Waals surface area contributed by atoms with Crippen molar-refractivity contribution in [1.29, 1.82) is 0 Å². The number of rotatable bonds is 14. The summed E-state index contributed by atoms with van der Waals surface area (Å²) in [6.45, 7) is 1.05. The summed E-state index contributed by atoms with van der Waals surface area (Å²) in [5.74, 6) is -5.91. The van der Waals surface area contributed by atoms with E-state index < -0.39 is 76.8 Å². The summed E-state index contributed by atoms with van der Waals surface area (Å²) in [5.41, 5.74) is -1.70. The minimum absolute atomic E-state index is 0. The standard InChI is InChI=1S/C39H29N7O15S2.4Na/c1-18(47)34(44-42-28-6-4-3-5-24(28)38(51)52)37(50)40-19-7-10-23-26(13-19)33(63(58,59)60)17-31(49)35(23)45-46-36-22-11-9-21(62(55,56)57)15-25(22)29(16-32(36)61-2)43-41-20-8-12-30(48)27(14-20)39(53)54;;;;/h3-17,34,48-49H,1-2H3,(H,40,50)(H,51,52)(H,53,54)(H,55,56,57)(H,58,59,60);;;;. The molecule has 0 saturated carbocycles. The number of aromatic hydroxyl groups is 2. The fourth-order valence-corrected chi connectivity index (χ4v) is 7.14. The third-order valence-electron chi connectivity index (χ3n) is 8.88. The molecule has 67 heavy (non-hydrogen) atoms. The maximum absolute atomic E-state index is 12.5. The van der Waals surface area contributed by atoms with Crippen molar-refractivity contribution in [2.24, 2.45) is 35.7 Å². The van der Waals surface area contributed by atoms with Crippen LogP contribution in [0.5, 0.6) is 17.2 Å². The van der Waals surface area contributed by atoms with Crippen molar-refractivity contribution in [2.45, 2.75) is 22.8 Å². The molecule has 0 saturated heterocycles. The normalized spacial score (nSPS) is 12.3. The van der Waals surface area contributed by atoms with E-state index in [4.69, 9.17) is 4.74 Å². The fourth-order valence-electron chi connectivity index (χ4n) is 5.92. The molecule has 6 aromatic rings. The molecule has 4 radical (unpaired) electrons. The average Bonchev–Trinajstić information content (AvgIpc) is 3.21. The molecule has 0 aliphatic rings. The number of benzene rings is 6. The molecule has 0 aliphatic heterocycles. The Balaban J connectivity index is 0.00000385. The largest absolute Gasteiger partial charge is 0.507 e. The summed E-state index contributed by atoms with van der Waals surface area (Å²) in [5, 5.41) is 74.2. The second-order valence-electron chi connectivity index (χ2n) is 13.0. The SMILES string of the molecule is COc1cc(N=Nc2ccc(O)c(C(=O)O)c2)c2cc(S(=O)(=O)O)ccc2c1N=Nc1c(O)cc(S(=O)(=O)O)c2cc(N=C(O)C(N=Nc3ccccc3C(=O)O)C(C)=O)ccc12.[Na].[Na].[Na].[Na]. The summed E-state index contributed by atoms with van der Waals surface area (Å²) >= 11 is 0. The van der Waals surface area contributed by atoms with Crippen LogP contribution in [0.3, 0.4) is 0 Å². The summed E-state index contributed by atoms with van der Waals surface area (Å²) in [6, 6.07) is 15.7. The second-order valence-corrected chi connectivity index (χ2v) is 15.8. The number of aliphatic imine (C=N–C) groups is 1. The topological polar surface area (TPSA) is 357 Å². The molecule has 326 valence electrons. The van der Waals surface area contributed by atoms with Gasteiger partial charge in [-0.2, -0.15) is 32.2 Å². The van der Waals surface area contributed by atoms with Crippen LogP contribution in [0.1, 0.15) is 27.6 Å². The molecule has 0 spiro atoms. The van der Waals surface area contributed by atoms with Gasteiger partial charge < -0.3 is 30.3 Å². The first-order valence-corrected chi connectivity index (χ1v) is 20.4. The second kappa shape index (κ2) is 24.5. The van der Waals surface area contributed by atoms with Gasteiger partial charge >= 0.3 is 11.9 Å². The van der Waals surface area contributed by atoms with E-state index in [9.17, 15) is 65.9 Å². The van der Waals surface area contributed by atoms with Crippen LogP contribution in [-0.2, 0) is 25.0 Å². The van der Waals surface area contributed by atoms with Crippen molar-refractivity contribution < 1.29 is 70.6 Å². The molecule has 1 unspecified atom stereocenters. The third-order valence-corrected chi connectivity index (χ3v) is 10.6. The fraction of sp³-hybridized carbons (Fsp3) is 0.0769. The predicted octanol–water partition coefficient (Wildman–Crippen LogP) is 6.94. The number of hydrogen-bond donors (Lipinski definition) is 7. The molecule has 1 atom stereocenters. The van der Waals surface area contributed by atoms with E-state index in [1.807, 2.05) is 0 Å². The number of aliphatic hydroxyl groups excluding tert-OH is 1. The molecule has 6 aromatic carbocycles. The first-order chi connectivity index (χ1) is 29.7. The van der Waals surface area contributed by atoms with Gasteiger partial charge in [-0.15, -0.1) is 15.3 Å². The van der Waals surface area contributed by atoms with E-state index in [0.717, 1.165) is 37.3 Å². The number of nitrogens with zero attached hydrogens (tertiary/aromatic N) is 7. The average molecular weight is 992 g/mol. The molecule has 0 aliphatic carbocycles. The van der Waals surface area contributed by atoms with Crippen molar-refractivity contribution in [3.05, 3.63) is 102 Å². The van der Waals surface area contributed by atoms with E-state index in [0.29, 0.717) is 6.07 Å². The zero-order chi connectivity index (χ0) is 46.0. The number of methoxy groups -OCH3 is 1. The van der Waals surface area contributed by atoms with E-state index >= 15 is 0 Å². The number of carbonyl (C=O) groups excluding carboxylic acids is 1. The maximum atomic E-state index is 12.5. The van der Waals surface area contributed by atoms with Crippen LogP contribution in [0, 0.1) is 0 Å². The van der Waals surface area contributed by atoms with Crippen molar-refractivity contribution in [1.82, 2.24) is 0 Å². The van der Waals surface area contributed by atoms with Crippen molar-refractivity contribution >= 4 is 218 Å². The number of aliphatic hydroxyl groups is 1. The number of fused-ring (bicyclic) bond motifs is 2. The maximum Gasteiger partial charge on any atom is 0.339 e.